The molecule has 9 heteroatoms. The molecule has 0 aliphatic rings. The maximum absolute atomic E-state index is 11.3. The number of hydrazine groups is 2. The number of hydrogen-bond acceptors (Lipinski definition) is 7. The molecule has 2 amide bonds. The molecule has 0 rings (SSSR count). The Morgan fingerprint density at radius 2 is 1.89 bits per heavy atom. The highest BCUT2D eigenvalue weighted by atomic mass is 16.2. The lowest BCUT2D eigenvalue weighted by Gasteiger charge is -2.20. The lowest BCUT2D eigenvalue weighted by atomic mass is 10.4. The van der Waals surface area contributed by atoms with Crippen LogP contribution in [0.15, 0.2) is 0 Å². The minimum atomic E-state index is -0.494. The summed E-state index contributed by atoms with van der Waals surface area (Å²) in [4.78, 5) is 42.9. The van der Waals surface area contributed by atoms with Gasteiger partial charge in [0.1, 0.15) is 12.6 Å². The second-order valence-electron chi connectivity index (χ2n) is 3.22. The third-order valence-corrected chi connectivity index (χ3v) is 1.70. The van der Waals surface area contributed by atoms with E-state index in [0.717, 1.165) is 5.01 Å². The fraction of sp³-hybridized carbons (Fsp3) is 0.556. The molecule has 0 aliphatic carbocycles. The van der Waals surface area contributed by atoms with Gasteiger partial charge in [-0.05, 0) is 0 Å². The van der Waals surface area contributed by atoms with Crippen molar-refractivity contribution in [3.8, 4) is 0 Å². The van der Waals surface area contributed by atoms with Crippen molar-refractivity contribution in [2.24, 2.45) is 5.73 Å². The first-order chi connectivity index (χ1) is 8.63. The number of rotatable bonds is 10. The normalized spacial score (nSPS) is 9.89. The highest BCUT2D eigenvalue weighted by Gasteiger charge is 2.12. The van der Waals surface area contributed by atoms with Gasteiger partial charge in [-0.3, -0.25) is 20.4 Å². The average molecular weight is 259 g/mol. The summed E-state index contributed by atoms with van der Waals surface area (Å²) >= 11 is 0. The van der Waals surface area contributed by atoms with Crippen LogP contribution in [0.1, 0.15) is 6.42 Å². The summed E-state index contributed by atoms with van der Waals surface area (Å²) < 4.78 is 0. The maximum Gasteiger partial charge on any atom is 0.250 e. The Kier molecular flexibility index (Phi) is 9.27. The van der Waals surface area contributed by atoms with E-state index in [4.69, 9.17) is 5.73 Å². The van der Waals surface area contributed by atoms with Crippen LogP contribution in [0.2, 0.25) is 0 Å². The molecule has 0 spiro atoms. The zero-order chi connectivity index (χ0) is 13.8. The molecule has 0 bridgehead atoms. The number of carbonyl (C=O) groups excluding carboxylic acids is 4. The number of amides is 2. The highest BCUT2D eigenvalue weighted by molar-refractivity contribution is 5.80. The van der Waals surface area contributed by atoms with Crippen LogP contribution >= 0.6 is 0 Å². The van der Waals surface area contributed by atoms with Gasteiger partial charge in [0.05, 0.1) is 19.6 Å². The monoisotopic (exact) mass is 259 g/mol. The Morgan fingerprint density at radius 1 is 1.17 bits per heavy atom. The van der Waals surface area contributed by atoms with Gasteiger partial charge in [-0.2, -0.15) is 0 Å². The van der Waals surface area contributed by atoms with Gasteiger partial charge in [0.25, 0.3) is 0 Å². The Labute approximate surface area is 104 Å². The van der Waals surface area contributed by atoms with Crippen molar-refractivity contribution in [2.45, 2.75) is 6.42 Å². The summed E-state index contributed by atoms with van der Waals surface area (Å²) in [6.07, 6.45) is 1.22. The first kappa shape index (κ1) is 16.2. The lowest BCUT2D eigenvalue weighted by molar-refractivity contribution is -0.129. The minimum absolute atomic E-state index is 0.0288. The summed E-state index contributed by atoms with van der Waals surface area (Å²) in [5.74, 6) is -0.875. The summed E-state index contributed by atoms with van der Waals surface area (Å²) in [5, 5.41) is 1.14. The number of aldehydes is 2. The van der Waals surface area contributed by atoms with E-state index in [1.807, 2.05) is 0 Å². The third-order valence-electron chi connectivity index (χ3n) is 1.70. The largest absolute Gasteiger partial charge is 0.330 e. The van der Waals surface area contributed by atoms with E-state index < -0.39 is 5.91 Å². The number of nitrogens with two attached hydrogens (primary N) is 1. The van der Waals surface area contributed by atoms with E-state index in [9.17, 15) is 19.2 Å². The zero-order valence-corrected chi connectivity index (χ0v) is 9.85. The Morgan fingerprint density at radius 3 is 2.44 bits per heavy atom. The molecule has 0 atom stereocenters. The first-order valence-corrected chi connectivity index (χ1v) is 5.27. The molecule has 0 heterocycles. The van der Waals surface area contributed by atoms with Crippen LogP contribution in [0.5, 0.6) is 0 Å². The smallest absolute Gasteiger partial charge is 0.250 e. The Bertz CT molecular complexity index is 297. The van der Waals surface area contributed by atoms with E-state index >= 15 is 0 Å². The zero-order valence-electron chi connectivity index (χ0n) is 9.85. The second-order valence-corrected chi connectivity index (χ2v) is 3.22. The van der Waals surface area contributed by atoms with E-state index in [0.29, 0.717) is 12.6 Å². The van der Waals surface area contributed by atoms with E-state index in [-0.39, 0.29) is 38.5 Å². The summed E-state index contributed by atoms with van der Waals surface area (Å²) in [5.41, 5.74) is 12.1. The predicted molar refractivity (Wildman–Crippen MR) is 61.7 cm³/mol. The lowest BCUT2D eigenvalue weighted by Crippen LogP contribution is -2.51. The Balaban J connectivity index is 4.08. The van der Waals surface area contributed by atoms with Gasteiger partial charge in [-0.25, -0.2) is 10.4 Å². The molecule has 5 N–H and O–H groups in total. The van der Waals surface area contributed by atoms with Crippen LogP contribution in [-0.2, 0) is 19.2 Å². The average Bonchev–Trinajstić information content (AvgIpc) is 2.29. The fourth-order valence-electron chi connectivity index (χ4n) is 1.01. The van der Waals surface area contributed by atoms with E-state index in [2.05, 4.69) is 16.3 Å². The standard InChI is InChI=1S/C9H17N5O4/c10-2-1-8(17)13-14(4-6-16)7-9(18)12-11-3-5-15/h5-6,11H,1-4,7,10H2,(H,12,18)(H,13,17). The van der Waals surface area contributed by atoms with Crippen LogP contribution in [0.4, 0.5) is 0 Å². The van der Waals surface area contributed by atoms with Gasteiger partial charge in [0.2, 0.25) is 11.8 Å². The van der Waals surface area contributed by atoms with Crippen molar-refractivity contribution in [3.05, 3.63) is 0 Å². The number of carbonyl (C=O) groups is 4. The molecule has 18 heavy (non-hydrogen) atoms. The van der Waals surface area contributed by atoms with Gasteiger partial charge in [-0.15, -0.1) is 0 Å². The molecular formula is C9H17N5O4. The van der Waals surface area contributed by atoms with Crippen LogP contribution in [0.3, 0.4) is 0 Å². The van der Waals surface area contributed by atoms with Gasteiger partial charge >= 0.3 is 0 Å². The SMILES string of the molecule is NCCC(=O)NN(CC=O)CC(=O)NNCC=O. The number of hydrogen-bond donors (Lipinski definition) is 4. The van der Waals surface area contributed by atoms with Crippen molar-refractivity contribution in [1.29, 1.82) is 0 Å². The summed E-state index contributed by atoms with van der Waals surface area (Å²) in [6.45, 7) is -0.203. The number of nitrogens with one attached hydrogen (secondary N) is 3. The molecule has 9 nitrogen and oxygen atoms in total. The molecule has 102 valence electrons. The fourth-order valence-corrected chi connectivity index (χ4v) is 1.01. The van der Waals surface area contributed by atoms with Crippen molar-refractivity contribution in [1.82, 2.24) is 21.3 Å². The Hall–Kier alpha value is -1.84. The van der Waals surface area contributed by atoms with Gasteiger partial charge in [0.15, 0.2) is 0 Å². The molecule has 0 fully saturated rings. The molecule has 0 unspecified atom stereocenters. The highest BCUT2D eigenvalue weighted by Crippen LogP contribution is 1.83. The third kappa shape index (κ3) is 8.33. The van der Waals surface area contributed by atoms with Crippen LogP contribution in [-0.4, -0.2) is 55.6 Å². The second kappa shape index (κ2) is 10.3. The van der Waals surface area contributed by atoms with E-state index in [1.165, 1.54) is 0 Å². The van der Waals surface area contributed by atoms with Gasteiger partial charge in [-0.1, -0.05) is 0 Å². The van der Waals surface area contributed by atoms with Crippen molar-refractivity contribution >= 4 is 24.4 Å². The van der Waals surface area contributed by atoms with E-state index in [1.54, 1.807) is 0 Å². The molecule has 0 aromatic rings. The quantitative estimate of drug-likeness (QED) is 0.183. The summed E-state index contributed by atoms with van der Waals surface area (Å²) in [6, 6.07) is 0. The topological polar surface area (TPSA) is 134 Å². The van der Waals surface area contributed by atoms with Crippen molar-refractivity contribution in [3.63, 3.8) is 0 Å². The molecule has 0 saturated carbocycles. The number of nitrogens with zero attached hydrogens (tertiary/aromatic N) is 1. The first-order valence-electron chi connectivity index (χ1n) is 5.27. The molecule has 0 aromatic carbocycles. The molecule has 0 radical (unpaired) electrons. The van der Waals surface area contributed by atoms with Crippen molar-refractivity contribution < 1.29 is 19.2 Å². The van der Waals surface area contributed by atoms with Crippen LogP contribution < -0.4 is 22.0 Å². The minimum Gasteiger partial charge on any atom is -0.330 e. The maximum atomic E-state index is 11.3. The molecule has 0 aliphatic heterocycles. The van der Waals surface area contributed by atoms with Crippen molar-refractivity contribution in [2.75, 3.05) is 26.2 Å². The van der Waals surface area contributed by atoms with Gasteiger partial charge < -0.3 is 15.3 Å². The predicted octanol–water partition coefficient (Wildman–Crippen LogP) is -3.31. The molecule has 0 aromatic heterocycles. The molecule has 0 saturated heterocycles. The van der Waals surface area contributed by atoms with Crippen LogP contribution in [0.25, 0.3) is 0 Å². The van der Waals surface area contributed by atoms with Crippen LogP contribution in [0, 0.1) is 0 Å². The molecular weight excluding hydrogens is 242 g/mol. The summed E-state index contributed by atoms with van der Waals surface area (Å²) in [7, 11) is 0. The van der Waals surface area contributed by atoms with Gasteiger partial charge in [0, 0.05) is 13.0 Å².